The number of ether oxygens (including phenoxy) is 1. The lowest BCUT2D eigenvalue weighted by Gasteiger charge is -2.29. The fraction of sp³-hybridized carbons (Fsp3) is 0.632. The molecule has 27 heavy (non-hydrogen) atoms. The second kappa shape index (κ2) is 8.68. The SMILES string of the molecule is Cc1ccc(S(=O)(=O)N2CCOCC2)cc1NC(=O)C[NH+]1CCCC[C@@H]1C. The number of benzene rings is 1. The molecule has 3 rings (SSSR count). The molecule has 7 nitrogen and oxygen atoms in total. The van der Waals surface area contributed by atoms with E-state index in [2.05, 4.69) is 12.2 Å². The number of carbonyl (C=O) groups is 1. The summed E-state index contributed by atoms with van der Waals surface area (Å²) in [5.74, 6) is -0.0669. The zero-order valence-electron chi connectivity index (χ0n) is 16.2. The number of morpholine rings is 1. The van der Waals surface area contributed by atoms with Gasteiger partial charge in [-0.2, -0.15) is 4.31 Å². The maximum Gasteiger partial charge on any atom is 0.279 e. The number of rotatable bonds is 5. The number of nitrogens with one attached hydrogen (secondary N) is 2. The fourth-order valence-corrected chi connectivity index (χ4v) is 5.18. The normalized spacial score (nSPS) is 24.5. The van der Waals surface area contributed by atoms with Gasteiger partial charge in [0, 0.05) is 18.8 Å². The number of sulfonamides is 1. The summed E-state index contributed by atoms with van der Waals surface area (Å²) in [6, 6.07) is 5.42. The van der Waals surface area contributed by atoms with Crippen LogP contribution in [0.1, 0.15) is 31.7 Å². The third kappa shape index (κ3) is 4.87. The minimum atomic E-state index is -3.58. The van der Waals surface area contributed by atoms with Crippen LogP contribution < -0.4 is 10.2 Å². The number of carbonyl (C=O) groups excluding carboxylic acids is 1. The Morgan fingerprint density at radius 3 is 2.74 bits per heavy atom. The van der Waals surface area contributed by atoms with Crippen LogP contribution in [0.25, 0.3) is 0 Å². The molecule has 2 N–H and O–H groups in total. The molecule has 150 valence electrons. The minimum absolute atomic E-state index is 0.0669. The summed E-state index contributed by atoms with van der Waals surface area (Å²) in [7, 11) is -3.58. The summed E-state index contributed by atoms with van der Waals surface area (Å²) in [5, 5.41) is 2.93. The Bertz CT molecular complexity index is 775. The molecule has 1 aromatic rings. The molecule has 2 heterocycles. The Morgan fingerprint density at radius 2 is 2.04 bits per heavy atom. The first-order valence-corrected chi connectivity index (χ1v) is 11.1. The van der Waals surface area contributed by atoms with Gasteiger partial charge in [0.05, 0.1) is 30.7 Å². The highest BCUT2D eigenvalue weighted by Crippen LogP contribution is 2.23. The van der Waals surface area contributed by atoms with Gasteiger partial charge < -0.3 is 15.0 Å². The Hall–Kier alpha value is -1.48. The Kier molecular flexibility index (Phi) is 6.52. The van der Waals surface area contributed by atoms with E-state index < -0.39 is 10.0 Å². The maximum atomic E-state index is 12.8. The Labute approximate surface area is 161 Å². The Balaban J connectivity index is 1.72. The third-order valence-corrected chi connectivity index (χ3v) is 7.46. The molecule has 0 aromatic heterocycles. The number of piperidine rings is 1. The average Bonchev–Trinajstić information content (AvgIpc) is 2.66. The number of likely N-dealkylation sites (tertiary alicyclic amines) is 1. The summed E-state index contributed by atoms with van der Waals surface area (Å²) >= 11 is 0. The molecule has 2 saturated heterocycles. The van der Waals surface area contributed by atoms with E-state index in [0.717, 1.165) is 24.9 Å². The number of amides is 1. The van der Waals surface area contributed by atoms with Gasteiger partial charge in [0.25, 0.3) is 5.91 Å². The molecular weight excluding hydrogens is 366 g/mol. The molecule has 0 bridgehead atoms. The van der Waals surface area contributed by atoms with Gasteiger partial charge >= 0.3 is 0 Å². The molecule has 1 aromatic carbocycles. The second-order valence-corrected chi connectivity index (χ2v) is 9.46. The summed E-state index contributed by atoms with van der Waals surface area (Å²) < 4.78 is 32.4. The van der Waals surface area contributed by atoms with Crippen LogP contribution in [0.4, 0.5) is 5.69 Å². The minimum Gasteiger partial charge on any atom is -0.379 e. The van der Waals surface area contributed by atoms with Crippen molar-refractivity contribution in [1.29, 1.82) is 0 Å². The number of hydrogen-bond acceptors (Lipinski definition) is 4. The van der Waals surface area contributed by atoms with Crippen LogP contribution in [0.2, 0.25) is 0 Å². The van der Waals surface area contributed by atoms with E-state index in [-0.39, 0.29) is 10.8 Å². The van der Waals surface area contributed by atoms with Crippen LogP contribution in [-0.2, 0) is 19.6 Å². The van der Waals surface area contributed by atoms with Crippen molar-refractivity contribution in [2.75, 3.05) is 44.7 Å². The predicted octanol–water partition coefficient (Wildman–Crippen LogP) is 0.412. The van der Waals surface area contributed by atoms with Gasteiger partial charge in [-0.25, -0.2) is 8.42 Å². The lowest BCUT2D eigenvalue weighted by atomic mass is 10.0. The van der Waals surface area contributed by atoms with Gasteiger partial charge in [-0.15, -0.1) is 0 Å². The highest BCUT2D eigenvalue weighted by atomic mass is 32.2. The summed E-state index contributed by atoms with van der Waals surface area (Å²) in [6.45, 7) is 7.01. The topological polar surface area (TPSA) is 80.2 Å². The van der Waals surface area contributed by atoms with E-state index in [1.807, 2.05) is 6.92 Å². The highest BCUT2D eigenvalue weighted by Gasteiger charge is 2.28. The van der Waals surface area contributed by atoms with Crippen molar-refractivity contribution in [3.63, 3.8) is 0 Å². The molecule has 1 unspecified atom stereocenters. The molecule has 0 saturated carbocycles. The van der Waals surface area contributed by atoms with Gasteiger partial charge in [-0.05, 0) is 50.8 Å². The van der Waals surface area contributed by atoms with E-state index in [4.69, 9.17) is 4.74 Å². The molecule has 2 fully saturated rings. The van der Waals surface area contributed by atoms with E-state index in [0.29, 0.717) is 44.6 Å². The first-order valence-electron chi connectivity index (χ1n) is 9.71. The number of nitrogens with zero attached hydrogens (tertiary/aromatic N) is 1. The van der Waals surface area contributed by atoms with Crippen LogP contribution in [0.15, 0.2) is 23.1 Å². The van der Waals surface area contributed by atoms with Crippen molar-refractivity contribution in [3.05, 3.63) is 23.8 Å². The smallest absolute Gasteiger partial charge is 0.279 e. The third-order valence-electron chi connectivity index (χ3n) is 5.56. The van der Waals surface area contributed by atoms with Crippen molar-refractivity contribution in [1.82, 2.24) is 4.31 Å². The van der Waals surface area contributed by atoms with Gasteiger partial charge in [0.15, 0.2) is 6.54 Å². The fourth-order valence-electron chi connectivity index (χ4n) is 3.75. The van der Waals surface area contributed by atoms with Crippen LogP contribution in [0.3, 0.4) is 0 Å². The largest absolute Gasteiger partial charge is 0.379 e. The van der Waals surface area contributed by atoms with Gasteiger partial charge in [-0.1, -0.05) is 6.07 Å². The first kappa shape index (κ1) is 20.3. The summed E-state index contributed by atoms with van der Waals surface area (Å²) in [5.41, 5.74) is 1.42. The molecular formula is C19H30N3O4S+. The quantitative estimate of drug-likeness (QED) is 0.756. The molecule has 1 amide bonds. The van der Waals surface area contributed by atoms with Crippen molar-refractivity contribution in [2.45, 2.75) is 44.0 Å². The summed E-state index contributed by atoms with van der Waals surface area (Å²) in [4.78, 5) is 14.0. The zero-order chi connectivity index (χ0) is 19.4. The number of hydrogen-bond donors (Lipinski definition) is 2. The second-order valence-electron chi connectivity index (χ2n) is 7.52. The molecule has 0 radical (unpaired) electrons. The van der Waals surface area contributed by atoms with Gasteiger partial charge in [-0.3, -0.25) is 4.79 Å². The lowest BCUT2D eigenvalue weighted by molar-refractivity contribution is -0.920. The first-order chi connectivity index (χ1) is 12.9. The van der Waals surface area contributed by atoms with E-state index in [1.54, 1.807) is 18.2 Å². The number of anilines is 1. The van der Waals surface area contributed by atoms with E-state index in [1.165, 1.54) is 15.6 Å². The van der Waals surface area contributed by atoms with Crippen LogP contribution in [-0.4, -0.2) is 64.1 Å². The van der Waals surface area contributed by atoms with Crippen LogP contribution in [0.5, 0.6) is 0 Å². The molecule has 2 aliphatic rings. The molecule has 2 aliphatic heterocycles. The van der Waals surface area contributed by atoms with Gasteiger partial charge in [0.1, 0.15) is 0 Å². The maximum absolute atomic E-state index is 12.8. The monoisotopic (exact) mass is 396 g/mol. The van der Waals surface area contributed by atoms with Crippen molar-refractivity contribution < 1.29 is 22.8 Å². The average molecular weight is 397 g/mol. The van der Waals surface area contributed by atoms with Crippen LogP contribution in [0, 0.1) is 6.92 Å². The van der Waals surface area contributed by atoms with Crippen molar-refractivity contribution in [2.24, 2.45) is 0 Å². The van der Waals surface area contributed by atoms with Crippen LogP contribution >= 0.6 is 0 Å². The number of aryl methyl sites for hydroxylation is 1. The van der Waals surface area contributed by atoms with Crippen molar-refractivity contribution >= 4 is 21.6 Å². The summed E-state index contributed by atoms with van der Waals surface area (Å²) in [6.07, 6.45) is 3.53. The molecule has 8 heteroatoms. The van der Waals surface area contributed by atoms with Gasteiger partial charge in [0.2, 0.25) is 10.0 Å². The zero-order valence-corrected chi connectivity index (χ0v) is 17.0. The molecule has 0 spiro atoms. The molecule has 2 atom stereocenters. The highest BCUT2D eigenvalue weighted by molar-refractivity contribution is 7.89. The van der Waals surface area contributed by atoms with E-state index >= 15 is 0 Å². The van der Waals surface area contributed by atoms with Crippen molar-refractivity contribution in [3.8, 4) is 0 Å². The lowest BCUT2D eigenvalue weighted by Crippen LogP contribution is -3.17. The Morgan fingerprint density at radius 1 is 1.30 bits per heavy atom. The molecule has 0 aliphatic carbocycles. The number of quaternary nitrogens is 1. The standard InChI is InChI=1S/C19H29N3O4S/c1-15-6-7-17(27(24,25)22-9-11-26-12-10-22)13-18(15)20-19(23)14-21-8-4-3-5-16(21)2/h6-7,13,16H,3-5,8-12,14H2,1-2H3,(H,20,23)/p+1/t16-/m0/s1. The predicted molar refractivity (Wildman–Crippen MR) is 103 cm³/mol. The van der Waals surface area contributed by atoms with E-state index in [9.17, 15) is 13.2 Å².